The molecule has 0 saturated heterocycles. The minimum Gasteiger partial charge on any atom is -0.458 e. The van der Waals surface area contributed by atoms with Crippen LogP contribution in [-0.4, -0.2) is 11.6 Å². The number of ether oxygens (including phenoxy) is 1. The third-order valence-corrected chi connectivity index (χ3v) is 4.74. The molecule has 0 radical (unpaired) electrons. The van der Waals surface area contributed by atoms with Gasteiger partial charge in [0, 0.05) is 18.3 Å². The van der Waals surface area contributed by atoms with Crippen LogP contribution in [0.3, 0.4) is 0 Å². The van der Waals surface area contributed by atoms with Gasteiger partial charge in [0.25, 0.3) is 0 Å². The Morgan fingerprint density at radius 1 is 0.909 bits per heavy atom. The van der Waals surface area contributed by atoms with Crippen molar-refractivity contribution < 1.29 is 9.53 Å². The molecule has 0 N–H and O–H groups in total. The quantitative estimate of drug-likeness (QED) is 0.749. The second-order valence-electron chi connectivity index (χ2n) is 5.91. The van der Waals surface area contributed by atoms with E-state index in [1.807, 2.05) is 19.1 Å². The van der Waals surface area contributed by atoms with Crippen molar-refractivity contribution in [3.63, 3.8) is 0 Å². The first-order chi connectivity index (χ1) is 10.7. The molecule has 1 saturated carbocycles. The van der Waals surface area contributed by atoms with E-state index < -0.39 is 5.60 Å². The van der Waals surface area contributed by atoms with Gasteiger partial charge >= 0.3 is 5.97 Å². The van der Waals surface area contributed by atoms with Gasteiger partial charge < -0.3 is 4.74 Å². The van der Waals surface area contributed by atoms with E-state index in [1.54, 1.807) is 0 Å². The fraction of sp³-hybridized carbons (Fsp3) is 0.350. The Kier molecular flexibility index (Phi) is 4.02. The highest BCUT2D eigenvalue weighted by atomic mass is 16.6. The summed E-state index contributed by atoms with van der Waals surface area (Å²) in [6, 6.07) is 20.8. The summed E-state index contributed by atoms with van der Waals surface area (Å²) in [4.78, 5) is 12.0. The molecule has 1 aliphatic carbocycles. The molecule has 2 aromatic rings. The molecule has 0 heterocycles. The predicted octanol–water partition coefficient (Wildman–Crippen LogP) is 4.67. The smallest absolute Gasteiger partial charge is 0.306 e. The van der Waals surface area contributed by atoms with Crippen molar-refractivity contribution in [2.45, 2.75) is 44.1 Å². The van der Waals surface area contributed by atoms with Crippen LogP contribution in [0.5, 0.6) is 0 Å². The minimum atomic E-state index is -0.393. The fourth-order valence-corrected chi connectivity index (χ4v) is 3.61. The predicted molar refractivity (Wildman–Crippen MR) is 87.8 cm³/mol. The lowest BCUT2D eigenvalue weighted by molar-refractivity contribution is -0.151. The van der Waals surface area contributed by atoms with Crippen LogP contribution in [0.15, 0.2) is 60.7 Å². The Morgan fingerprint density at radius 3 is 1.73 bits per heavy atom. The average Bonchev–Trinajstić information content (AvgIpc) is 3.25. The maximum absolute atomic E-state index is 12.0. The lowest BCUT2D eigenvalue weighted by atomic mass is 10.0. The topological polar surface area (TPSA) is 26.3 Å². The zero-order chi connectivity index (χ0) is 15.6. The molecule has 0 amide bonds. The van der Waals surface area contributed by atoms with Gasteiger partial charge in [-0.15, -0.1) is 0 Å². The van der Waals surface area contributed by atoms with Gasteiger partial charge in [-0.2, -0.15) is 0 Å². The molecule has 3 rings (SSSR count). The van der Waals surface area contributed by atoms with E-state index in [0.717, 1.165) is 6.42 Å². The lowest BCUT2D eigenvalue weighted by Crippen LogP contribution is -2.22. The zero-order valence-electron chi connectivity index (χ0n) is 13.2. The Morgan fingerprint density at radius 2 is 1.36 bits per heavy atom. The number of benzene rings is 2. The van der Waals surface area contributed by atoms with Crippen LogP contribution in [0.2, 0.25) is 0 Å². The third-order valence-electron chi connectivity index (χ3n) is 4.74. The minimum absolute atomic E-state index is 0.110. The first-order valence-electron chi connectivity index (χ1n) is 8.04. The number of rotatable bonds is 5. The molecule has 2 nitrogen and oxygen atoms in total. The van der Waals surface area contributed by atoms with Gasteiger partial charge in [-0.3, -0.25) is 4.79 Å². The number of hydrogen-bond acceptors (Lipinski definition) is 2. The van der Waals surface area contributed by atoms with Gasteiger partial charge in [0.05, 0.1) is 0 Å². The zero-order valence-corrected chi connectivity index (χ0v) is 13.2. The second kappa shape index (κ2) is 5.96. The number of hydrogen-bond donors (Lipinski definition) is 0. The molecule has 0 bridgehead atoms. The summed E-state index contributed by atoms with van der Waals surface area (Å²) < 4.78 is 5.94. The van der Waals surface area contributed by atoms with E-state index in [9.17, 15) is 4.79 Å². The Hall–Kier alpha value is -2.09. The van der Waals surface area contributed by atoms with Crippen molar-refractivity contribution in [3.8, 4) is 0 Å². The molecule has 2 heteroatoms. The summed E-state index contributed by atoms with van der Waals surface area (Å²) >= 11 is 0. The summed E-state index contributed by atoms with van der Waals surface area (Å²) in [6.45, 7) is 3.96. The lowest BCUT2D eigenvalue weighted by Gasteiger charge is -2.17. The Labute approximate surface area is 132 Å². The highest BCUT2D eigenvalue weighted by molar-refractivity contribution is 5.71. The maximum Gasteiger partial charge on any atom is 0.306 e. The van der Waals surface area contributed by atoms with Crippen molar-refractivity contribution in [1.29, 1.82) is 0 Å². The van der Waals surface area contributed by atoms with Crippen LogP contribution >= 0.6 is 0 Å². The van der Waals surface area contributed by atoms with Gasteiger partial charge in [0.2, 0.25) is 0 Å². The van der Waals surface area contributed by atoms with E-state index in [2.05, 4.69) is 55.5 Å². The van der Waals surface area contributed by atoms with E-state index in [4.69, 9.17) is 4.74 Å². The van der Waals surface area contributed by atoms with Crippen molar-refractivity contribution in [1.82, 2.24) is 0 Å². The Bertz CT molecular complexity index is 588. The van der Waals surface area contributed by atoms with Crippen LogP contribution in [0, 0.1) is 0 Å². The molecule has 114 valence electrons. The van der Waals surface area contributed by atoms with Crippen molar-refractivity contribution in [2.24, 2.45) is 0 Å². The van der Waals surface area contributed by atoms with Crippen LogP contribution in [0.4, 0.5) is 0 Å². The van der Waals surface area contributed by atoms with Crippen LogP contribution in [0.25, 0.3) is 0 Å². The van der Waals surface area contributed by atoms with Crippen molar-refractivity contribution in [2.75, 3.05) is 0 Å². The second-order valence-corrected chi connectivity index (χ2v) is 5.91. The Balaban J connectivity index is 1.99. The standard InChI is InChI=1S/C20H22O2/c1-3-17(21)22-20(4-2)18(15-11-7-5-8-12-15)19(20)16-13-9-6-10-14-16/h5-14,18-19H,3-4H2,1-2H3/t18-,19-/m0/s1. The molecular weight excluding hydrogens is 272 g/mol. The van der Waals surface area contributed by atoms with E-state index >= 15 is 0 Å². The third kappa shape index (κ3) is 2.43. The fourth-order valence-electron chi connectivity index (χ4n) is 3.61. The van der Waals surface area contributed by atoms with Crippen LogP contribution < -0.4 is 0 Å². The maximum atomic E-state index is 12.0. The summed E-state index contributed by atoms with van der Waals surface area (Å²) in [7, 11) is 0. The van der Waals surface area contributed by atoms with Gasteiger partial charge in [0.1, 0.15) is 5.60 Å². The van der Waals surface area contributed by atoms with Crippen LogP contribution in [0.1, 0.15) is 49.7 Å². The molecular formula is C20H22O2. The summed E-state index contributed by atoms with van der Waals surface area (Å²) in [6.07, 6.45) is 1.25. The normalized spacial score (nSPS) is 26.5. The highest BCUT2D eigenvalue weighted by Gasteiger charge is 2.67. The molecule has 0 unspecified atom stereocenters. The first kappa shape index (κ1) is 14.8. The number of carbonyl (C=O) groups is 1. The van der Waals surface area contributed by atoms with E-state index in [0.29, 0.717) is 6.42 Å². The van der Waals surface area contributed by atoms with Crippen molar-refractivity contribution >= 4 is 5.97 Å². The van der Waals surface area contributed by atoms with Gasteiger partial charge in [0.15, 0.2) is 0 Å². The monoisotopic (exact) mass is 294 g/mol. The van der Waals surface area contributed by atoms with Crippen molar-refractivity contribution in [3.05, 3.63) is 71.8 Å². The number of carbonyl (C=O) groups excluding carboxylic acids is 1. The van der Waals surface area contributed by atoms with Gasteiger partial charge in [-0.05, 0) is 17.5 Å². The summed E-state index contributed by atoms with van der Waals surface area (Å²) in [5.74, 6) is 0.384. The van der Waals surface area contributed by atoms with E-state index in [1.165, 1.54) is 11.1 Å². The highest BCUT2D eigenvalue weighted by Crippen LogP contribution is 2.67. The number of esters is 1. The molecule has 0 aromatic heterocycles. The molecule has 0 spiro atoms. The summed E-state index contributed by atoms with van der Waals surface area (Å²) in [5, 5.41) is 0. The molecule has 1 aliphatic rings. The van der Waals surface area contributed by atoms with E-state index in [-0.39, 0.29) is 17.8 Å². The molecule has 1 fully saturated rings. The van der Waals surface area contributed by atoms with Gasteiger partial charge in [-0.1, -0.05) is 74.5 Å². The first-order valence-corrected chi connectivity index (χ1v) is 8.04. The molecule has 0 aliphatic heterocycles. The van der Waals surface area contributed by atoms with Crippen LogP contribution in [-0.2, 0) is 9.53 Å². The largest absolute Gasteiger partial charge is 0.458 e. The molecule has 2 aromatic carbocycles. The average molecular weight is 294 g/mol. The SMILES string of the molecule is CCC(=O)OC1(CC)[C@@H](c2ccccc2)[C@@H]1c1ccccc1. The molecule has 2 atom stereocenters. The molecule has 22 heavy (non-hydrogen) atoms. The summed E-state index contributed by atoms with van der Waals surface area (Å²) in [5.41, 5.74) is 2.11. The van der Waals surface area contributed by atoms with Gasteiger partial charge in [-0.25, -0.2) is 0 Å².